The Morgan fingerprint density at radius 1 is 1.00 bits per heavy atom. The lowest BCUT2D eigenvalue weighted by molar-refractivity contribution is -0.145. The number of nitriles is 1. The highest BCUT2D eigenvalue weighted by atomic mass is 35.5. The van der Waals surface area contributed by atoms with Crippen molar-refractivity contribution in [2.75, 3.05) is 0 Å². The van der Waals surface area contributed by atoms with E-state index in [1.54, 1.807) is 71.6 Å². The van der Waals surface area contributed by atoms with Crippen LogP contribution in [0.2, 0.25) is 10.0 Å². The van der Waals surface area contributed by atoms with Crippen molar-refractivity contribution in [3.8, 4) is 6.07 Å². The van der Waals surface area contributed by atoms with Gasteiger partial charge in [0.15, 0.2) is 5.72 Å². The van der Waals surface area contributed by atoms with Gasteiger partial charge in [-0.25, -0.2) is 4.90 Å². The predicted molar refractivity (Wildman–Crippen MR) is 108 cm³/mol. The van der Waals surface area contributed by atoms with Gasteiger partial charge in [0, 0.05) is 33.3 Å². The van der Waals surface area contributed by atoms with Crippen molar-refractivity contribution in [2.45, 2.75) is 18.5 Å². The van der Waals surface area contributed by atoms with E-state index in [1.165, 1.54) is 0 Å². The Bertz CT molecular complexity index is 1060. The molecule has 2 atom stereocenters. The molecule has 2 N–H and O–H groups in total. The van der Waals surface area contributed by atoms with Crippen LogP contribution in [0.15, 0.2) is 66.7 Å². The second-order valence-electron chi connectivity index (χ2n) is 6.69. The molecular formula is C22H16Cl2N2O2. The average Bonchev–Trinajstić information content (AvgIpc) is 2.93. The van der Waals surface area contributed by atoms with Gasteiger partial charge in [-0.2, -0.15) is 5.26 Å². The molecule has 0 amide bonds. The van der Waals surface area contributed by atoms with Gasteiger partial charge in [0.05, 0.1) is 11.6 Å². The van der Waals surface area contributed by atoms with Crippen molar-refractivity contribution in [2.24, 2.45) is 0 Å². The molecule has 6 heteroatoms. The third kappa shape index (κ3) is 2.98. The minimum Gasteiger partial charge on any atom is -0.374 e. The normalized spacial score (nSPS) is 21.3. The van der Waals surface area contributed by atoms with Crippen LogP contribution in [0.1, 0.15) is 34.0 Å². The molecule has 0 fully saturated rings. The van der Waals surface area contributed by atoms with Gasteiger partial charge in [0.1, 0.15) is 6.23 Å². The SMILES string of the molecule is N#Cc1ccc(CN2C(O)c3cccc(Cl)c3C2(O)c2ccc(Cl)cc2)cc1. The summed E-state index contributed by atoms with van der Waals surface area (Å²) in [5.74, 6) is 0. The molecule has 0 saturated carbocycles. The fourth-order valence-corrected chi connectivity index (χ4v) is 4.13. The molecule has 2 unspecified atom stereocenters. The zero-order valence-electron chi connectivity index (χ0n) is 14.7. The largest absolute Gasteiger partial charge is 0.374 e. The molecular weight excluding hydrogens is 395 g/mol. The lowest BCUT2D eigenvalue weighted by Crippen LogP contribution is -2.43. The number of hydrogen-bond donors (Lipinski definition) is 2. The van der Waals surface area contributed by atoms with Gasteiger partial charge < -0.3 is 10.2 Å². The van der Waals surface area contributed by atoms with Gasteiger partial charge in [-0.1, -0.05) is 59.6 Å². The van der Waals surface area contributed by atoms with E-state index in [-0.39, 0.29) is 6.54 Å². The van der Waals surface area contributed by atoms with Gasteiger partial charge in [0.2, 0.25) is 0 Å². The van der Waals surface area contributed by atoms with E-state index in [1.807, 2.05) is 0 Å². The predicted octanol–water partition coefficient (Wildman–Crippen LogP) is 4.57. The first-order valence-corrected chi connectivity index (χ1v) is 9.42. The topological polar surface area (TPSA) is 67.5 Å². The molecule has 0 aromatic heterocycles. The first-order valence-electron chi connectivity index (χ1n) is 8.66. The van der Waals surface area contributed by atoms with Crippen molar-refractivity contribution in [1.82, 2.24) is 4.90 Å². The fourth-order valence-electron chi connectivity index (χ4n) is 3.69. The Morgan fingerprint density at radius 3 is 2.32 bits per heavy atom. The van der Waals surface area contributed by atoms with E-state index in [2.05, 4.69) is 6.07 Å². The van der Waals surface area contributed by atoms with Crippen LogP contribution >= 0.6 is 23.2 Å². The van der Waals surface area contributed by atoms with Gasteiger partial charge >= 0.3 is 0 Å². The molecule has 1 heterocycles. The molecule has 1 aliphatic heterocycles. The molecule has 4 nitrogen and oxygen atoms in total. The number of benzene rings is 3. The van der Waals surface area contributed by atoms with Gasteiger partial charge in [-0.15, -0.1) is 0 Å². The zero-order valence-corrected chi connectivity index (χ0v) is 16.2. The van der Waals surface area contributed by atoms with Crippen LogP contribution in [-0.2, 0) is 12.3 Å². The second-order valence-corrected chi connectivity index (χ2v) is 7.54. The number of halogens is 2. The molecule has 28 heavy (non-hydrogen) atoms. The highest BCUT2D eigenvalue weighted by Gasteiger charge is 2.51. The van der Waals surface area contributed by atoms with Crippen LogP contribution in [-0.4, -0.2) is 15.1 Å². The van der Waals surface area contributed by atoms with Gasteiger partial charge in [0.25, 0.3) is 0 Å². The molecule has 0 aliphatic carbocycles. The Kier molecular flexibility index (Phi) is 4.88. The summed E-state index contributed by atoms with van der Waals surface area (Å²) in [5.41, 5.74) is 1.32. The maximum absolute atomic E-state index is 11.9. The number of hydrogen-bond acceptors (Lipinski definition) is 4. The van der Waals surface area contributed by atoms with E-state index < -0.39 is 12.0 Å². The summed E-state index contributed by atoms with van der Waals surface area (Å²) >= 11 is 12.5. The first kappa shape index (κ1) is 18.9. The van der Waals surface area contributed by atoms with E-state index in [9.17, 15) is 10.2 Å². The fraction of sp³-hybridized carbons (Fsp3) is 0.136. The molecule has 0 spiro atoms. The van der Waals surface area contributed by atoms with E-state index >= 15 is 0 Å². The molecule has 3 aromatic carbocycles. The summed E-state index contributed by atoms with van der Waals surface area (Å²) < 4.78 is 0. The molecule has 140 valence electrons. The van der Waals surface area contributed by atoms with Gasteiger partial charge in [-0.3, -0.25) is 0 Å². The van der Waals surface area contributed by atoms with Crippen LogP contribution in [0.3, 0.4) is 0 Å². The molecule has 1 aliphatic rings. The Morgan fingerprint density at radius 2 is 1.68 bits per heavy atom. The molecule has 0 radical (unpaired) electrons. The second kappa shape index (κ2) is 7.21. The van der Waals surface area contributed by atoms with E-state index in [0.717, 1.165) is 5.56 Å². The van der Waals surface area contributed by atoms with Crippen LogP contribution in [0, 0.1) is 11.3 Å². The molecule has 0 saturated heterocycles. The number of fused-ring (bicyclic) bond motifs is 1. The van der Waals surface area contributed by atoms with Crippen molar-refractivity contribution in [1.29, 1.82) is 5.26 Å². The quantitative estimate of drug-likeness (QED) is 0.663. The number of nitrogens with zero attached hydrogens (tertiary/aromatic N) is 2. The van der Waals surface area contributed by atoms with Crippen LogP contribution in [0.4, 0.5) is 0 Å². The van der Waals surface area contributed by atoms with Crippen LogP contribution < -0.4 is 0 Å². The monoisotopic (exact) mass is 410 g/mol. The minimum absolute atomic E-state index is 0.247. The summed E-state index contributed by atoms with van der Waals surface area (Å²) in [4.78, 5) is 1.58. The minimum atomic E-state index is -1.63. The van der Waals surface area contributed by atoms with Crippen molar-refractivity contribution < 1.29 is 10.2 Å². The molecule has 0 bridgehead atoms. The van der Waals surface area contributed by atoms with Crippen molar-refractivity contribution >= 4 is 23.2 Å². The van der Waals surface area contributed by atoms with E-state index in [4.69, 9.17) is 28.5 Å². The summed E-state index contributed by atoms with van der Waals surface area (Å²) in [6.45, 7) is 0.247. The first-order chi connectivity index (χ1) is 13.4. The zero-order chi connectivity index (χ0) is 19.9. The summed E-state index contributed by atoms with van der Waals surface area (Å²) in [6.07, 6.45) is -1.05. The van der Waals surface area contributed by atoms with Crippen LogP contribution in [0.25, 0.3) is 0 Å². The summed E-state index contributed by atoms with van der Waals surface area (Å²) in [7, 11) is 0. The lowest BCUT2D eigenvalue weighted by Gasteiger charge is -2.36. The van der Waals surface area contributed by atoms with Crippen LogP contribution in [0.5, 0.6) is 0 Å². The summed E-state index contributed by atoms with van der Waals surface area (Å²) in [5, 5.41) is 32.8. The van der Waals surface area contributed by atoms with Crippen molar-refractivity contribution in [3.63, 3.8) is 0 Å². The third-order valence-electron chi connectivity index (χ3n) is 5.07. The van der Waals surface area contributed by atoms with Crippen molar-refractivity contribution in [3.05, 3.63) is 105 Å². The molecule has 3 aromatic rings. The molecule has 4 rings (SSSR count). The number of aliphatic hydroxyl groups excluding tert-OH is 1. The Hall–Kier alpha value is -2.39. The Labute approximate surface area is 172 Å². The lowest BCUT2D eigenvalue weighted by atomic mass is 9.93. The maximum atomic E-state index is 11.9. The van der Waals surface area contributed by atoms with E-state index in [0.29, 0.717) is 32.3 Å². The smallest absolute Gasteiger partial charge is 0.175 e. The number of rotatable bonds is 3. The highest BCUT2D eigenvalue weighted by molar-refractivity contribution is 6.31. The Balaban J connectivity index is 1.84. The van der Waals surface area contributed by atoms with Gasteiger partial charge in [-0.05, 0) is 35.9 Å². The standard InChI is InChI=1S/C22H16Cl2N2O2/c23-17-10-8-16(9-11-17)22(28)20-18(2-1-3-19(20)24)21(27)26(22)13-15-6-4-14(12-25)5-7-15/h1-11,21,27-28H,13H2. The maximum Gasteiger partial charge on any atom is 0.175 e. The number of aliphatic hydroxyl groups is 2. The average molecular weight is 411 g/mol. The summed E-state index contributed by atoms with van der Waals surface area (Å²) in [6, 6.07) is 21.1. The third-order valence-corrected chi connectivity index (χ3v) is 5.63. The highest BCUT2D eigenvalue weighted by Crippen LogP contribution is 2.50.